The van der Waals surface area contributed by atoms with E-state index in [2.05, 4.69) is 4.98 Å². The van der Waals surface area contributed by atoms with Gasteiger partial charge >= 0.3 is 72.8 Å². The van der Waals surface area contributed by atoms with Gasteiger partial charge in [0.15, 0.2) is 5.82 Å². The molecule has 0 aliphatic rings. The van der Waals surface area contributed by atoms with Crippen molar-refractivity contribution in [3.8, 4) is 0 Å². The van der Waals surface area contributed by atoms with E-state index in [1.165, 1.54) is 4.57 Å². The number of aliphatic hydroxyl groups is 1. The van der Waals surface area contributed by atoms with Crippen LogP contribution < -0.4 is 0 Å². The molecule has 0 spiro atoms. The van der Waals surface area contributed by atoms with Crippen LogP contribution in [0, 0.1) is 17.0 Å². The number of alkyl halides is 1. The van der Waals surface area contributed by atoms with Crippen LogP contribution in [0.5, 0.6) is 0 Å². The second kappa shape index (κ2) is 26.7. The summed E-state index contributed by atoms with van der Waals surface area (Å²) in [6, 6.07) is 0. The standard InChI is InChI=1S/C7H10ClN3O3.2Na.H3O4P.6H2O.2H/c1-5-9-3-7(11(13)14)10(5)4-6(12)2-8;;;1-5(2,3)4;;;;;;;;/h3,6,12H,2,4H2,1H3;;;(H3,1,2,3,4);6*1H2;;. The van der Waals surface area contributed by atoms with Crippen LogP contribution in [0.1, 0.15) is 5.82 Å². The molecule has 16 N–H and O–H groups in total. The second-order valence-electron chi connectivity index (χ2n) is 3.35. The van der Waals surface area contributed by atoms with Crippen LogP contribution in [0.25, 0.3) is 0 Å². The van der Waals surface area contributed by atoms with Crippen molar-refractivity contribution < 1.29 is 62.1 Å². The van der Waals surface area contributed by atoms with Gasteiger partial charge in [-0.15, -0.1) is 11.6 Å². The van der Waals surface area contributed by atoms with Crippen molar-refractivity contribution in [2.75, 3.05) is 5.88 Å². The number of imidazole rings is 1. The Bertz CT molecular complexity index is 482. The molecule has 162 valence electrons. The molecule has 0 aliphatic heterocycles. The van der Waals surface area contributed by atoms with E-state index in [4.69, 9.17) is 30.8 Å². The number of hydrogen-bond acceptors (Lipinski definition) is 5. The number of halogens is 1. The first-order valence-electron chi connectivity index (χ1n) is 4.75. The molecule has 0 bridgehead atoms. The van der Waals surface area contributed by atoms with Gasteiger partial charge < -0.3 is 62.8 Å². The zero-order chi connectivity index (χ0) is 15.2. The van der Waals surface area contributed by atoms with Gasteiger partial charge in [0.25, 0.3) is 0 Å². The number of aliphatic hydroxyl groups excluding tert-OH is 1. The second-order valence-corrected chi connectivity index (χ2v) is 4.69. The third-order valence-electron chi connectivity index (χ3n) is 1.79. The summed E-state index contributed by atoms with van der Waals surface area (Å²) < 4.78 is 10.2. The Morgan fingerprint density at radius 1 is 1.19 bits per heavy atom. The van der Waals surface area contributed by atoms with Gasteiger partial charge in [-0.05, 0) is 4.92 Å². The van der Waals surface area contributed by atoms with Gasteiger partial charge in [0.2, 0.25) is 0 Å². The molecule has 1 unspecified atom stereocenters. The van der Waals surface area contributed by atoms with Gasteiger partial charge in [-0.2, -0.15) is 0 Å². The summed E-state index contributed by atoms with van der Waals surface area (Å²) >= 11 is 5.40. The van der Waals surface area contributed by atoms with Crippen molar-refractivity contribution in [1.29, 1.82) is 0 Å². The summed E-state index contributed by atoms with van der Waals surface area (Å²) in [7, 11) is -4.64. The number of rotatable bonds is 4. The van der Waals surface area contributed by atoms with Crippen molar-refractivity contribution in [2.45, 2.75) is 19.6 Å². The van der Waals surface area contributed by atoms with Crippen LogP contribution in [0.4, 0.5) is 5.82 Å². The van der Waals surface area contributed by atoms with Crippen LogP contribution in [-0.4, -0.2) is 138 Å². The maximum absolute atomic E-state index is 10.5. The van der Waals surface area contributed by atoms with E-state index >= 15 is 0 Å². The van der Waals surface area contributed by atoms with Crippen molar-refractivity contribution in [3.63, 3.8) is 0 Å². The van der Waals surface area contributed by atoms with Crippen molar-refractivity contribution in [2.24, 2.45) is 0 Å². The molecule has 16 nitrogen and oxygen atoms in total. The van der Waals surface area contributed by atoms with E-state index in [1.54, 1.807) is 6.92 Å². The van der Waals surface area contributed by atoms with Crippen LogP contribution in [-0.2, 0) is 11.1 Å². The third kappa shape index (κ3) is 29.0. The molecule has 1 rings (SSSR count). The number of hydrogen-bond donors (Lipinski definition) is 4. The number of phosphoric acid groups is 1. The van der Waals surface area contributed by atoms with Crippen molar-refractivity contribution in [1.82, 2.24) is 9.55 Å². The predicted molar refractivity (Wildman–Crippen MR) is 101 cm³/mol. The fourth-order valence-electron chi connectivity index (χ4n) is 1.09. The van der Waals surface area contributed by atoms with Gasteiger partial charge in [-0.25, -0.2) is 14.1 Å². The van der Waals surface area contributed by atoms with E-state index in [-0.39, 0.29) is 110 Å². The average Bonchev–Trinajstić information content (AvgIpc) is 2.58. The Kier molecular flexibility index (Phi) is 55.9. The summed E-state index contributed by atoms with van der Waals surface area (Å²) in [5.74, 6) is 0.391. The molecule has 0 aliphatic carbocycles. The Morgan fingerprint density at radius 2 is 1.52 bits per heavy atom. The molecule has 0 radical (unpaired) electrons. The molecular formula is C7H27ClN3Na2O13P. The minimum absolute atomic E-state index is 0. The first-order chi connectivity index (χ1) is 8.56. The molecule has 0 aromatic carbocycles. The van der Waals surface area contributed by atoms with Gasteiger partial charge in [0, 0.05) is 6.92 Å². The average molecular weight is 474 g/mol. The van der Waals surface area contributed by atoms with E-state index in [1.807, 2.05) is 0 Å². The Morgan fingerprint density at radius 3 is 1.78 bits per heavy atom. The Hall–Kier alpha value is 0.730. The first-order valence-corrected chi connectivity index (χ1v) is 6.85. The van der Waals surface area contributed by atoms with Crippen LogP contribution in [0.15, 0.2) is 6.20 Å². The molecule has 1 aromatic rings. The van der Waals surface area contributed by atoms with Gasteiger partial charge in [0.05, 0.1) is 5.88 Å². The summed E-state index contributed by atoms with van der Waals surface area (Å²) in [6.07, 6.45) is 0.360. The topological polar surface area (TPSA) is 348 Å². The molecule has 27 heavy (non-hydrogen) atoms. The van der Waals surface area contributed by atoms with E-state index in [0.29, 0.717) is 5.82 Å². The predicted octanol–water partition coefficient (Wildman–Crippen LogP) is -6.47. The molecule has 0 saturated carbocycles. The first kappa shape index (κ1) is 56.5. The molecular weight excluding hydrogens is 446 g/mol. The Labute approximate surface area is 202 Å². The van der Waals surface area contributed by atoms with E-state index < -0.39 is 18.8 Å². The molecule has 1 atom stereocenters. The van der Waals surface area contributed by atoms with Crippen LogP contribution in [0.3, 0.4) is 0 Å². The van der Waals surface area contributed by atoms with Gasteiger partial charge in [0.1, 0.15) is 18.8 Å². The number of aryl methyl sites for hydroxylation is 1. The van der Waals surface area contributed by atoms with E-state index in [0.717, 1.165) is 6.20 Å². The summed E-state index contributed by atoms with van der Waals surface area (Å²) in [5, 5.41) is 19.8. The maximum atomic E-state index is 10.5. The summed E-state index contributed by atoms with van der Waals surface area (Å²) in [4.78, 5) is 35.3. The number of aromatic nitrogens is 2. The summed E-state index contributed by atoms with van der Waals surface area (Å²) in [6.45, 7) is 1.72. The van der Waals surface area contributed by atoms with Gasteiger partial charge in [-0.3, -0.25) is 0 Å². The van der Waals surface area contributed by atoms with Gasteiger partial charge in [-0.1, -0.05) is 0 Å². The fraction of sp³-hybridized carbons (Fsp3) is 0.571. The molecule has 0 fully saturated rings. The van der Waals surface area contributed by atoms with E-state index in [9.17, 15) is 15.2 Å². The van der Waals surface area contributed by atoms with Crippen molar-refractivity contribution in [3.05, 3.63) is 22.1 Å². The molecule has 0 amide bonds. The van der Waals surface area contributed by atoms with Crippen molar-refractivity contribution >= 4 is 84.4 Å². The zero-order valence-electron chi connectivity index (χ0n) is 12.7. The Balaban J connectivity index is -0.0000000324. The SMILES string of the molecule is Cc1ncc([N+](=O)[O-])n1CC(O)CCl.O.O.O.O.O.O.O=P(O)(O)O.[NaH].[NaH]. The minimum atomic E-state index is -4.64. The molecule has 1 heterocycles. The van der Waals surface area contributed by atoms with Crippen LogP contribution in [0.2, 0.25) is 0 Å². The third-order valence-corrected chi connectivity index (χ3v) is 2.15. The quantitative estimate of drug-likeness (QED) is 0.107. The van der Waals surface area contributed by atoms with Crippen LogP contribution >= 0.6 is 19.4 Å². The molecule has 1 aromatic heterocycles. The number of nitrogens with zero attached hydrogens (tertiary/aromatic N) is 3. The molecule has 0 saturated heterocycles. The molecule has 20 heteroatoms. The number of nitro groups is 1. The monoisotopic (exact) mass is 473 g/mol. The zero-order valence-corrected chi connectivity index (χ0v) is 14.4. The normalized spacial score (nSPS) is 8.81. The summed E-state index contributed by atoms with van der Waals surface area (Å²) in [5.41, 5.74) is 0. The fourth-order valence-corrected chi connectivity index (χ4v) is 1.18.